The highest BCUT2D eigenvalue weighted by Crippen LogP contribution is 2.14. The normalized spacial score (nSPS) is 13.4. The minimum absolute atomic E-state index is 0.562. The topological polar surface area (TPSA) is 28.4 Å². The zero-order chi connectivity index (χ0) is 13.4. The lowest BCUT2D eigenvalue weighted by atomic mass is 10.0. The summed E-state index contributed by atoms with van der Waals surface area (Å²) in [7, 11) is 0. The molecule has 0 fully saturated rings. The Labute approximate surface area is 112 Å². The summed E-state index contributed by atoms with van der Waals surface area (Å²) in [5, 5.41) is 3.54. The van der Waals surface area contributed by atoms with Crippen molar-refractivity contribution in [3.8, 4) is 0 Å². The zero-order valence-electron chi connectivity index (χ0n) is 12.3. The van der Waals surface area contributed by atoms with E-state index >= 15 is 0 Å². The van der Waals surface area contributed by atoms with E-state index in [-0.39, 0.29) is 0 Å². The van der Waals surface area contributed by atoms with E-state index in [1.54, 1.807) is 6.26 Å². The molecule has 0 aliphatic carbocycles. The second kappa shape index (κ2) is 8.33. The van der Waals surface area contributed by atoms with Crippen LogP contribution < -0.4 is 5.32 Å². The Bertz CT molecular complexity index is 295. The number of likely N-dealkylation sites (N-methyl/N-ethyl adjacent to an activating group) is 1. The summed E-state index contributed by atoms with van der Waals surface area (Å²) in [4.78, 5) is 2.49. The van der Waals surface area contributed by atoms with Gasteiger partial charge in [0, 0.05) is 12.6 Å². The van der Waals surface area contributed by atoms with Gasteiger partial charge in [0.1, 0.15) is 5.76 Å². The van der Waals surface area contributed by atoms with Crippen LogP contribution in [0.1, 0.15) is 39.9 Å². The fourth-order valence-corrected chi connectivity index (χ4v) is 2.28. The number of nitrogens with one attached hydrogen (secondary N) is 1. The molecule has 0 bridgehead atoms. The van der Waals surface area contributed by atoms with Gasteiger partial charge in [-0.15, -0.1) is 0 Å². The molecular formula is C15H28N2O. The third kappa shape index (κ3) is 4.83. The molecule has 0 radical (unpaired) electrons. The van der Waals surface area contributed by atoms with E-state index < -0.39 is 0 Å². The summed E-state index contributed by atoms with van der Waals surface area (Å²) in [6.07, 6.45) is 2.94. The van der Waals surface area contributed by atoms with Crippen LogP contribution in [0, 0.1) is 5.92 Å². The van der Waals surface area contributed by atoms with E-state index in [2.05, 4.69) is 44.0 Å². The maximum Gasteiger partial charge on any atom is 0.117 e. The van der Waals surface area contributed by atoms with E-state index in [1.165, 1.54) is 6.42 Å². The number of hydrogen-bond acceptors (Lipinski definition) is 3. The summed E-state index contributed by atoms with van der Waals surface area (Å²) < 4.78 is 5.46. The van der Waals surface area contributed by atoms with Crippen molar-refractivity contribution < 1.29 is 4.42 Å². The van der Waals surface area contributed by atoms with Gasteiger partial charge in [-0.05, 0) is 37.6 Å². The van der Waals surface area contributed by atoms with Gasteiger partial charge < -0.3 is 9.73 Å². The highest BCUT2D eigenvalue weighted by molar-refractivity contribution is 4.98. The number of rotatable bonds is 9. The van der Waals surface area contributed by atoms with Crippen LogP contribution in [-0.2, 0) is 6.54 Å². The Hall–Kier alpha value is -0.800. The first-order valence-electron chi connectivity index (χ1n) is 7.16. The Morgan fingerprint density at radius 3 is 2.61 bits per heavy atom. The first-order chi connectivity index (χ1) is 8.69. The van der Waals surface area contributed by atoms with Gasteiger partial charge in [0.2, 0.25) is 0 Å². The molecule has 0 saturated heterocycles. The van der Waals surface area contributed by atoms with Crippen LogP contribution in [-0.4, -0.2) is 30.6 Å². The maximum absolute atomic E-state index is 5.46. The first kappa shape index (κ1) is 15.3. The molecule has 0 aliphatic heterocycles. The van der Waals surface area contributed by atoms with Gasteiger partial charge >= 0.3 is 0 Å². The average molecular weight is 252 g/mol. The van der Waals surface area contributed by atoms with Crippen molar-refractivity contribution in [2.75, 3.05) is 19.6 Å². The highest BCUT2D eigenvalue weighted by atomic mass is 16.3. The molecule has 0 aliphatic rings. The maximum atomic E-state index is 5.46. The molecule has 3 nitrogen and oxygen atoms in total. The standard InChI is InChI=1S/C15H28N2O/c1-5-9-16-11-15(13(3)4)17(6-2)12-14-8-7-10-18-14/h7-8,10,13,15-16H,5-6,9,11-12H2,1-4H3. The Kier molecular flexibility index (Phi) is 7.06. The molecule has 104 valence electrons. The molecule has 1 atom stereocenters. The molecule has 0 aromatic carbocycles. The van der Waals surface area contributed by atoms with E-state index in [1.807, 2.05) is 6.07 Å². The van der Waals surface area contributed by atoms with Crippen LogP contribution in [0.2, 0.25) is 0 Å². The van der Waals surface area contributed by atoms with Crippen molar-refractivity contribution in [1.82, 2.24) is 10.2 Å². The van der Waals surface area contributed by atoms with Crippen LogP contribution >= 0.6 is 0 Å². The summed E-state index contributed by atoms with van der Waals surface area (Å²) in [5.41, 5.74) is 0. The largest absolute Gasteiger partial charge is 0.468 e. The SMILES string of the molecule is CCCNCC(C(C)C)N(CC)Cc1ccco1. The molecule has 1 rings (SSSR count). The van der Waals surface area contributed by atoms with Crippen LogP contribution in [0.25, 0.3) is 0 Å². The van der Waals surface area contributed by atoms with Crippen molar-refractivity contribution in [3.63, 3.8) is 0 Å². The minimum atomic E-state index is 0.562. The van der Waals surface area contributed by atoms with Crippen molar-refractivity contribution in [3.05, 3.63) is 24.2 Å². The third-order valence-corrected chi connectivity index (χ3v) is 3.36. The lowest BCUT2D eigenvalue weighted by Gasteiger charge is -2.33. The quantitative estimate of drug-likeness (QED) is 0.684. The van der Waals surface area contributed by atoms with Crippen LogP contribution in [0.4, 0.5) is 0 Å². The van der Waals surface area contributed by atoms with Gasteiger partial charge in [-0.2, -0.15) is 0 Å². The Morgan fingerprint density at radius 2 is 2.11 bits per heavy atom. The monoisotopic (exact) mass is 252 g/mol. The molecule has 0 saturated carbocycles. The molecule has 3 heteroatoms. The first-order valence-corrected chi connectivity index (χ1v) is 7.16. The average Bonchev–Trinajstić information content (AvgIpc) is 2.85. The summed E-state index contributed by atoms with van der Waals surface area (Å²) >= 11 is 0. The molecule has 1 unspecified atom stereocenters. The predicted molar refractivity (Wildman–Crippen MR) is 76.6 cm³/mol. The third-order valence-electron chi connectivity index (χ3n) is 3.36. The van der Waals surface area contributed by atoms with Crippen molar-refractivity contribution in [1.29, 1.82) is 0 Å². The lowest BCUT2D eigenvalue weighted by molar-refractivity contribution is 0.141. The predicted octanol–water partition coefficient (Wildman–Crippen LogP) is 3.13. The fourth-order valence-electron chi connectivity index (χ4n) is 2.28. The van der Waals surface area contributed by atoms with Gasteiger partial charge in [-0.1, -0.05) is 27.7 Å². The van der Waals surface area contributed by atoms with Gasteiger partial charge in [0.15, 0.2) is 0 Å². The Balaban J connectivity index is 2.56. The number of nitrogens with zero attached hydrogens (tertiary/aromatic N) is 1. The van der Waals surface area contributed by atoms with E-state index in [0.717, 1.165) is 31.9 Å². The summed E-state index contributed by atoms with van der Waals surface area (Å²) in [6, 6.07) is 4.58. The van der Waals surface area contributed by atoms with E-state index in [0.29, 0.717) is 12.0 Å². The molecule has 0 amide bonds. The van der Waals surface area contributed by atoms with Crippen LogP contribution in [0.5, 0.6) is 0 Å². The van der Waals surface area contributed by atoms with Crippen molar-refractivity contribution >= 4 is 0 Å². The summed E-state index contributed by atoms with van der Waals surface area (Å²) in [5.74, 6) is 1.70. The minimum Gasteiger partial charge on any atom is -0.468 e. The number of hydrogen-bond donors (Lipinski definition) is 1. The van der Waals surface area contributed by atoms with Gasteiger partial charge in [-0.3, -0.25) is 4.90 Å². The fraction of sp³-hybridized carbons (Fsp3) is 0.733. The second-order valence-electron chi connectivity index (χ2n) is 5.16. The molecule has 18 heavy (non-hydrogen) atoms. The van der Waals surface area contributed by atoms with Gasteiger partial charge in [0.25, 0.3) is 0 Å². The smallest absolute Gasteiger partial charge is 0.117 e. The van der Waals surface area contributed by atoms with Crippen molar-refractivity contribution in [2.45, 2.75) is 46.7 Å². The molecule has 1 N–H and O–H groups in total. The van der Waals surface area contributed by atoms with Gasteiger partial charge in [0.05, 0.1) is 12.8 Å². The van der Waals surface area contributed by atoms with Gasteiger partial charge in [-0.25, -0.2) is 0 Å². The molecule has 0 spiro atoms. The molecular weight excluding hydrogens is 224 g/mol. The van der Waals surface area contributed by atoms with Crippen molar-refractivity contribution in [2.24, 2.45) is 5.92 Å². The second-order valence-corrected chi connectivity index (χ2v) is 5.16. The zero-order valence-corrected chi connectivity index (χ0v) is 12.3. The molecule has 1 aromatic heterocycles. The highest BCUT2D eigenvalue weighted by Gasteiger charge is 2.21. The van der Waals surface area contributed by atoms with Crippen LogP contribution in [0.15, 0.2) is 22.8 Å². The molecule has 1 heterocycles. The van der Waals surface area contributed by atoms with Crippen LogP contribution in [0.3, 0.4) is 0 Å². The van der Waals surface area contributed by atoms with E-state index in [4.69, 9.17) is 4.42 Å². The number of furan rings is 1. The summed E-state index contributed by atoms with van der Waals surface area (Å²) in [6.45, 7) is 13.1. The van der Waals surface area contributed by atoms with E-state index in [9.17, 15) is 0 Å². The molecule has 1 aromatic rings. The Morgan fingerprint density at radius 1 is 1.33 bits per heavy atom. The lowest BCUT2D eigenvalue weighted by Crippen LogP contribution is -2.45.